The van der Waals surface area contributed by atoms with Gasteiger partial charge in [-0.05, 0) is 71.2 Å². The molecule has 2 N–H and O–H groups in total. The number of hydrogen-bond acceptors (Lipinski definition) is 4. The van der Waals surface area contributed by atoms with Gasteiger partial charge in [0.1, 0.15) is 23.4 Å². The Bertz CT molecular complexity index is 1530. The van der Waals surface area contributed by atoms with Crippen LogP contribution in [0, 0.1) is 11.6 Å². The average Bonchev–Trinajstić information content (AvgIpc) is 3.44. The Balaban J connectivity index is 1.42. The fourth-order valence-corrected chi connectivity index (χ4v) is 6.50. The van der Waals surface area contributed by atoms with Gasteiger partial charge in [-0.3, -0.25) is 9.59 Å². The zero-order chi connectivity index (χ0) is 35.4. The lowest BCUT2D eigenvalue weighted by molar-refractivity contribution is -0.141. The van der Waals surface area contributed by atoms with Gasteiger partial charge in [-0.15, -0.1) is 0 Å². The molecule has 1 heterocycles. The summed E-state index contributed by atoms with van der Waals surface area (Å²) in [6.45, 7) is 12.3. The number of carbonyl (C=O) groups excluding carboxylic acids is 2. The molecule has 0 aromatic heterocycles. The number of halogens is 2. The molecule has 3 aromatic rings. The first-order chi connectivity index (χ1) is 22.5. The lowest BCUT2D eigenvalue weighted by Crippen LogP contribution is -2.41. The van der Waals surface area contributed by atoms with Crippen molar-refractivity contribution in [3.8, 4) is 5.75 Å². The second kappa shape index (κ2) is 14.9. The van der Waals surface area contributed by atoms with Crippen LogP contribution in [-0.2, 0) is 20.4 Å². The number of ether oxygens (including phenoxy) is 1. The number of benzene rings is 3. The monoisotopic (exact) mass is 662 g/mol. The molecule has 1 aliphatic rings. The highest BCUT2D eigenvalue weighted by Crippen LogP contribution is 2.41. The van der Waals surface area contributed by atoms with Crippen molar-refractivity contribution >= 4 is 17.8 Å². The Kier molecular flexibility index (Phi) is 11.3. The molecule has 0 bridgehead atoms. The molecule has 9 heteroatoms. The Morgan fingerprint density at radius 3 is 1.81 bits per heavy atom. The largest absolute Gasteiger partial charge is 0.496 e. The Labute approximate surface area is 282 Å². The summed E-state index contributed by atoms with van der Waals surface area (Å²) in [7, 11) is 1.62. The fraction of sp³-hybridized carbons (Fsp3) is 0.462. The number of carboxylic acid groups (broad SMARTS) is 1. The van der Waals surface area contributed by atoms with Gasteiger partial charge in [0.2, 0.25) is 5.91 Å². The fourth-order valence-electron chi connectivity index (χ4n) is 6.50. The molecule has 7 nitrogen and oxygen atoms in total. The topological polar surface area (TPSA) is 95.9 Å². The number of methoxy groups -OCH3 is 1. The van der Waals surface area contributed by atoms with Gasteiger partial charge in [0.05, 0.1) is 7.11 Å². The van der Waals surface area contributed by atoms with Crippen LogP contribution in [0.15, 0.2) is 60.7 Å². The number of carboxylic acids is 1. The van der Waals surface area contributed by atoms with Crippen molar-refractivity contribution in [1.29, 1.82) is 0 Å². The minimum atomic E-state index is -1.12. The summed E-state index contributed by atoms with van der Waals surface area (Å²) in [5.41, 5.74) is 3.24. The van der Waals surface area contributed by atoms with E-state index >= 15 is 0 Å². The zero-order valence-corrected chi connectivity index (χ0v) is 29.0. The lowest BCUT2D eigenvalue weighted by atomic mass is 9.78. The summed E-state index contributed by atoms with van der Waals surface area (Å²) in [4.78, 5) is 40.6. The van der Waals surface area contributed by atoms with E-state index in [1.54, 1.807) is 43.5 Å². The van der Waals surface area contributed by atoms with E-state index in [0.717, 1.165) is 28.0 Å². The molecule has 0 saturated carbocycles. The Morgan fingerprint density at radius 2 is 1.38 bits per heavy atom. The van der Waals surface area contributed by atoms with Gasteiger partial charge in [0, 0.05) is 48.0 Å². The SMILES string of the molecule is COc1c(C(C)(C)C)cc(C(=O)N2C[C@@H](NC(=O)CCCCC(c3ccc(F)cc3)c3ccc(F)cc3)C[C@H]2C(=O)O)cc1C(C)(C)C. The molecule has 0 radical (unpaired) electrons. The first kappa shape index (κ1) is 36.6. The molecule has 258 valence electrons. The van der Waals surface area contributed by atoms with Gasteiger partial charge in [-0.1, -0.05) is 72.2 Å². The number of nitrogens with one attached hydrogen (secondary N) is 1. The van der Waals surface area contributed by atoms with E-state index < -0.39 is 24.0 Å². The predicted octanol–water partition coefficient (Wildman–Crippen LogP) is 7.74. The highest BCUT2D eigenvalue weighted by molar-refractivity contribution is 5.98. The van der Waals surface area contributed by atoms with Crippen LogP contribution in [0.2, 0.25) is 0 Å². The van der Waals surface area contributed by atoms with Crippen molar-refractivity contribution in [2.45, 2.75) is 102 Å². The van der Waals surface area contributed by atoms with E-state index in [2.05, 4.69) is 5.32 Å². The molecule has 2 atom stereocenters. The molecular formula is C39H48F2N2O5. The van der Waals surface area contributed by atoms with E-state index in [1.165, 1.54) is 29.2 Å². The van der Waals surface area contributed by atoms with E-state index in [4.69, 9.17) is 4.74 Å². The standard InChI is InChI=1S/C39H48F2N2O5/c1-38(2,3)31-20-26(21-32(35(31)48-7)39(4,5)6)36(45)43-23-29(22-33(43)37(46)47)42-34(44)11-9-8-10-30(24-12-16-27(40)17-13-24)25-14-18-28(41)19-15-25/h12-21,29-30,33H,8-11,22-23H2,1-7H3,(H,42,44)(H,46,47)/t29-,33-/m0/s1. The highest BCUT2D eigenvalue weighted by atomic mass is 19.1. The molecule has 0 aliphatic carbocycles. The van der Waals surface area contributed by atoms with Crippen molar-refractivity contribution in [3.05, 3.63) is 100 Å². The van der Waals surface area contributed by atoms with Crippen molar-refractivity contribution in [1.82, 2.24) is 10.2 Å². The van der Waals surface area contributed by atoms with Crippen LogP contribution in [0.5, 0.6) is 5.75 Å². The second-order valence-electron chi connectivity index (χ2n) is 14.8. The first-order valence-corrected chi connectivity index (χ1v) is 16.6. The van der Waals surface area contributed by atoms with Crippen molar-refractivity contribution in [2.75, 3.05) is 13.7 Å². The molecule has 1 saturated heterocycles. The molecular weight excluding hydrogens is 614 g/mol. The molecule has 2 amide bonds. The number of amides is 2. The highest BCUT2D eigenvalue weighted by Gasteiger charge is 2.41. The van der Waals surface area contributed by atoms with E-state index in [9.17, 15) is 28.3 Å². The van der Waals surface area contributed by atoms with Crippen molar-refractivity contribution in [2.24, 2.45) is 0 Å². The quantitative estimate of drug-likeness (QED) is 0.205. The third-order valence-corrected chi connectivity index (χ3v) is 9.06. The summed E-state index contributed by atoms with van der Waals surface area (Å²) >= 11 is 0. The van der Waals surface area contributed by atoms with Gasteiger partial charge >= 0.3 is 5.97 Å². The van der Waals surface area contributed by atoms with Crippen LogP contribution in [0.25, 0.3) is 0 Å². The van der Waals surface area contributed by atoms with Gasteiger partial charge in [-0.2, -0.15) is 0 Å². The molecule has 0 unspecified atom stereocenters. The van der Waals surface area contributed by atoms with Crippen LogP contribution < -0.4 is 10.1 Å². The number of likely N-dealkylation sites (tertiary alicyclic amines) is 1. The number of hydrogen-bond donors (Lipinski definition) is 2. The maximum Gasteiger partial charge on any atom is 0.326 e. The second-order valence-corrected chi connectivity index (χ2v) is 14.8. The number of carbonyl (C=O) groups is 3. The Morgan fingerprint density at radius 1 is 0.875 bits per heavy atom. The van der Waals surface area contributed by atoms with Gasteiger partial charge in [-0.25, -0.2) is 13.6 Å². The maximum atomic E-state index is 14.0. The summed E-state index contributed by atoms with van der Waals surface area (Å²) in [6, 6.07) is 14.5. The number of unbranched alkanes of at least 4 members (excludes halogenated alkanes) is 1. The van der Waals surface area contributed by atoms with Crippen molar-refractivity contribution < 1.29 is 33.0 Å². The smallest absolute Gasteiger partial charge is 0.326 e. The third-order valence-electron chi connectivity index (χ3n) is 9.06. The minimum absolute atomic E-state index is 0.0838. The van der Waals surface area contributed by atoms with Crippen LogP contribution in [-0.4, -0.2) is 53.5 Å². The van der Waals surface area contributed by atoms with Crippen LogP contribution >= 0.6 is 0 Å². The van der Waals surface area contributed by atoms with E-state index in [1.807, 2.05) is 41.5 Å². The number of rotatable bonds is 11. The normalized spacial score (nSPS) is 16.7. The third kappa shape index (κ3) is 8.79. The average molecular weight is 663 g/mol. The Hall–Kier alpha value is -4.27. The summed E-state index contributed by atoms with van der Waals surface area (Å²) in [5.74, 6) is -1.77. The van der Waals surface area contributed by atoms with E-state index in [0.29, 0.717) is 24.8 Å². The van der Waals surface area contributed by atoms with Crippen LogP contribution in [0.3, 0.4) is 0 Å². The molecule has 1 aliphatic heterocycles. The molecule has 4 rings (SSSR count). The van der Waals surface area contributed by atoms with Crippen LogP contribution in [0.4, 0.5) is 8.78 Å². The minimum Gasteiger partial charge on any atom is -0.496 e. The van der Waals surface area contributed by atoms with Crippen molar-refractivity contribution in [3.63, 3.8) is 0 Å². The lowest BCUT2D eigenvalue weighted by Gasteiger charge is -2.30. The summed E-state index contributed by atoms with van der Waals surface area (Å²) in [5, 5.41) is 13.0. The van der Waals surface area contributed by atoms with Gasteiger partial charge < -0.3 is 20.1 Å². The summed E-state index contributed by atoms with van der Waals surface area (Å²) in [6.07, 6.45) is 2.26. The zero-order valence-electron chi connectivity index (χ0n) is 29.0. The first-order valence-electron chi connectivity index (χ1n) is 16.6. The number of nitrogens with zero attached hydrogens (tertiary/aromatic N) is 1. The maximum absolute atomic E-state index is 14.0. The molecule has 3 aromatic carbocycles. The van der Waals surface area contributed by atoms with E-state index in [-0.39, 0.29) is 53.7 Å². The molecule has 1 fully saturated rings. The predicted molar refractivity (Wildman–Crippen MR) is 183 cm³/mol. The van der Waals surface area contributed by atoms with Gasteiger partial charge in [0.15, 0.2) is 0 Å². The van der Waals surface area contributed by atoms with Crippen LogP contribution in [0.1, 0.15) is 112 Å². The van der Waals surface area contributed by atoms with Gasteiger partial charge in [0.25, 0.3) is 5.91 Å². The molecule has 48 heavy (non-hydrogen) atoms. The summed E-state index contributed by atoms with van der Waals surface area (Å²) < 4.78 is 33.0. The number of aliphatic carboxylic acids is 1. The molecule has 0 spiro atoms.